The molecule has 0 saturated carbocycles. The highest BCUT2D eigenvalue weighted by Crippen LogP contribution is 2.42. The van der Waals surface area contributed by atoms with Crippen LogP contribution in [0, 0.1) is 0 Å². The fourth-order valence-corrected chi connectivity index (χ4v) is 3.78. The number of aliphatic hydroxyl groups excluding tert-OH is 1. The van der Waals surface area contributed by atoms with Crippen molar-refractivity contribution in [3.05, 3.63) is 83.9 Å². The number of aliphatic hydroxyl groups is 1. The molecule has 0 amide bonds. The quantitative estimate of drug-likeness (QED) is 0.596. The first-order valence-corrected chi connectivity index (χ1v) is 10.0. The first-order chi connectivity index (χ1) is 14.8. The van der Waals surface area contributed by atoms with Crippen molar-refractivity contribution in [3.63, 3.8) is 0 Å². The molecule has 1 N–H and O–H groups in total. The number of esters is 2. The van der Waals surface area contributed by atoms with Gasteiger partial charge in [-0.05, 0) is 50.3 Å². The van der Waals surface area contributed by atoms with E-state index in [4.69, 9.17) is 18.9 Å². The molecular formula is C24H24O7. The SMILES string of the molecule is CC1(C)OC[C@@]2(O1)[C@H](O)[C@@H](OC(=O)c1ccccc1)C=C[C@H]2OC(=O)c1ccccc1. The van der Waals surface area contributed by atoms with E-state index in [1.807, 2.05) is 0 Å². The molecule has 0 bridgehead atoms. The van der Waals surface area contributed by atoms with Gasteiger partial charge in [0, 0.05) is 0 Å². The summed E-state index contributed by atoms with van der Waals surface area (Å²) < 4.78 is 23.0. The number of ether oxygens (including phenoxy) is 4. The van der Waals surface area contributed by atoms with E-state index in [1.54, 1.807) is 80.6 Å². The molecule has 0 aromatic heterocycles. The van der Waals surface area contributed by atoms with E-state index >= 15 is 0 Å². The zero-order valence-electron chi connectivity index (χ0n) is 17.3. The largest absolute Gasteiger partial charge is 0.452 e. The third-order valence-electron chi connectivity index (χ3n) is 5.35. The fourth-order valence-electron chi connectivity index (χ4n) is 3.78. The van der Waals surface area contributed by atoms with Gasteiger partial charge in [0.2, 0.25) is 0 Å². The van der Waals surface area contributed by atoms with Gasteiger partial charge in [0.25, 0.3) is 0 Å². The summed E-state index contributed by atoms with van der Waals surface area (Å²) in [4.78, 5) is 25.2. The maximum atomic E-state index is 12.6. The lowest BCUT2D eigenvalue weighted by Crippen LogP contribution is -2.62. The van der Waals surface area contributed by atoms with Crippen molar-refractivity contribution in [3.8, 4) is 0 Å². The maximum absolute atomic E-state index is 12.6. The second-order valence-corrected chi connectivity index (χ2v) is 8.00. The predicted octanol–water partition coefficient (Wildman–Crippen LogP) is 2.89. The minimum atomic E-state index is -1.43. The van der Waals surface area contributed by atoms with Crippen LogP contribution < -0.4 is 0 Å². The number of rotatable bonds is 4. The Bertz CT molecular complexity index is 970. The Balaban J connectivity index is 1.59. The summed E-state index contributed by atoms with van der Waals surface area (Å²) in [5.41, 5.74) is -0.695. The Morgan fingerprint density at radius 3 is 1.97 bits per heavy atom. The molecule has 0 unspecified atom stereocenters. The maximum Gasteiger partial charge on any atom is 0.338 e. The Kier molecular flexibility index (Phi) is 5.66. The Morgan fingerprint density at radius 2 is 1.45 bits per heavy atom. The molecule has 1 saturated heterocycles. The third kappa shape index (κ3) is 4.25. The van der Waals surface area contributed by atoms with Crippen LogP contribution in [0.3, 0.4) is 0 Å². The molecule has 2 aromatic rings. The van der Waals surface area contributed by atoms with Crippen LogP contribution in [0.4, 0.5) is 0 Å². The lowest BCUT2D eigenvalue weighted by atomic mass is 9.82. The zero-order chi connectivity index (χ0) is 22.1. The minimum Gasteiger partial charge on any atom is -0.452 e. The molecule has 0 radical (unpaired) electrons. The van der Waals surface area contributed by atoms with Crippen molar-refractivity contribution >= 4 is 11.9 Å². The summed E-state index contributed by atoms with van der Waals surface area (Å²) in [7, 11) is 0. The highest BCUT2D eigenvalue weighted by atomic mass is 16.8. The van der Waals surface area contributed by atoms with Crippen LogP contribution in [0.1, 0.15) is 34.6 Å². The molecule has 4 rings (SSSR count). The Hall–Kier alpha value is -3.00. The average molecular weight is 424 g/mol. The van der Waals surface area contributed by atoms with Gasteiger partial charge in [-0.1, -0.05) is 36.4 Å². The second-order valence-electron chi connectivity index (χ2n) is 8.00. The van der Waals surface area contributed by atoms with Crippen molar-refractivity contribution in [2.45, 2.75) is 43.5 Å². The van der Waals surface area contributed by atoms with Crippen LogP contribution in [-0.2, 0) is 18.9 Å². The van der Waals surface area contributed by atoms with Gasteiger partial charge in [0.1, 0.15) is 12.2 Å². The summed E-state index contributed by atoms with van der Waals surface area (Å²) >= 11 is 0. The number of hydrogen-bond acceptors (Lipinski definition) is 7. The first kappa shape index (κ1) is 21.2. The molecule has 1 heterocycles. The van der Waals surface area contributed by atoms with E-state index in [9.17, 15) is 14.7 Å². The smallest absolute Gasteiger partial charge is 0.338 e. The van der Waals surface area contributed by atoms with Gasteiger partial charge >= 0.3 is 11.9 Å². The van der Waals surface area contributed by atoms with Crippen LogP contribution in [0.2, 0.25) is 0 Å². The lowest BCUT2D eigenvalue weighted by Gasteiger charge is -2.42. The van der Waals surface area contributed by atoms with Crippen LogP contribution in [-0.4, -0.2) is 53.4 Å². The summed E-state index contributed by atoms with van der Waals surface area (Å²) in [6.07, 6.45) is -0.184. The molecule has 7 heteroatoms. The van der Waals surface area contributed by atoms with Crippen molar-refractivity contribution in [2.24, 2.45) is 0 Å². The van der Waals surface area contributed by atoms with Gasteiger partial charge in [-0.25, -0.2) is 9.59 Å². The fraction of sp³-hybridized carbons (Fsp3) is 0.333. The van der Waals surface area contributed by atoms with Crippen LogP contribution in [0.5, 0.6) is 0 Å². The van der Waals surface area contributed by atoms with Gasteiger partial charge in [-0.15, -0.1) is 0 Å². The van der Waals surface area contributed by atoms with Crippen molar-refractivity contribution < 1.29 is 33.6 Å². The predicted molar refractivity (Wildman–Crippen MR) is 110 cm³/mol. The Morgan fingerprint density at radius 1 is 0.903 bits per heavy atom. The van der Waals surface area contributed by atoms with E-state index in [2.05, 4.69) is 0 Å². The summed E-state index contributed by atoms with van der Waals surface area (Å²) in [5.74, 6) is -2.16. The van der Waals surface area contributed by atoms with Gasteiger partial charge in [0.15, 0.2) is 17.5 Å². The number of carbonyl (C=O) groups is 2. The van der Waals surface area contributed by atoms with Crippen LogP contribution in [0.15, 0.2) is 72.8 Å². The van der Waals surface area contributed by atoms with Crippen molar-refractivity contribution in [1.29, 1.82) is 0 Å². The molecule has 162 valence electrons. The van der Waals surface area contributed by atoms with Crippen molar-refractivity contribution in [2.75, 3.05) is 6.61 Å². The summed E-state index contributed by atoms with van der Waals surface area (Å²) in [6, 6.07) is 17.0. The molecule has 1 aliphatic carbocycles. The number of carbonyl (C=O) groups excluding carboxylic acids is 2. The molecule has 7 nitrogen and oxygen atoms in total. The number of benzene rings is 2. The van der Waals surface area contributed by atoms with Gasteiger partial charge < -0.3 is 24.1 Å². The molecule has 4 atom stereocenters. The van der Waals surface area contributed by atoms with E-state index in [0.29, 0.717) is 11.1 Å². The highest BCUT2D eigenvalue weighted by molar-refractivity contribution is 5.90. The standard InChI is InChI=1S/C24H24O7/c1-23(2)28-15-24(31-23)19(30-22(27)17-11-7-4-8-12-17)14-13-18(20(24)25)29-21(26)16-9-5-3-6-10-16/h3-14,18-20,25H,15H2,1-2H3/t18-,19+,20+,24-/m0/s1. The normalized spacial score (nSPS) is 28.9. The first-order valence-electron chi connectivity index (χ1n) is 10.0. The molecule has 1 spiro atoms. The molecule has 1 aliphatic heterocycles. The molecule has 2 aromatic carbocycles. The Labute approximate surface area is 180 Å². The average Bonchev–Trinajstić information content (AvgIpc) is 3.11. The van der Waals surface area contributed by atoms with Gasteiger partial charge in [-0.3, -0.25) is 0 Å². The second kappa shape index (κ2) is 8.26. The molecular weight excluding hydrogens is 400 g/mol. The minimum absolute atomic E-state index is 0.0440. The lowest BCUT2D eigenvalue weighted by molar-refractivity contribution is -0.220. The molecule has 1 fully saturated rings. The van der Waals surface area contributed by atoms with Gasteiger partial charge in [-0.2, -0.15) is 0 Å². The molecule has 2 aliphatic rings. The topological polar surface area (TPSA) is 91.3 Å². The summed E-state index contributed by atoms with van der Waals surface area (Å²) in [5, 5.41) is 11.2. The van der Waals surface area contributed by atoms with Gasteiger partial charge in [0.05, 0.1) is 17.7 Å². The van der Waals surface area contributed by atoms with Crippen LogP contribution in [0.25, 0.3) is 0 Å². The zero-order valence-corrected chi connectivity index (χ0v) is 17.3. The van der Waals surface area contributed by atoms with Crippen LogP contribution >= 0.6 is 0 Å². The monoisotopic (exact) mass is 424 g/mol. The van der Waals surface area contributed by atoms with E-state index in [0.717, 1.165) is 0 Å². The number of hydrogen-bond donors (Lipinski definition) is 1. The molecule has 31 heavy (non-hydrogen) atoms. The van der Waals surface area contributed by atoms with E-state index in [1.165, 1.54) is 6.08 Å². The van der Waals surface area contributed by atoms with Crippen molar-refractivity contribution in [1.82, 2.24) is 0 Å². The highest BCUT2D eigenvalue weighted by Gasteiger charge is 2.60. The van der Waals surface area contributed by atoms with E-state index < -0.39 is 41.6 Å². The third-order valence-corrected chi connectivity index (χ3v) is 5.35. The van der Waals surface area contributed by atoms with E-state index in [-0.39, 0.29) is 6.61 Å². The summed E-state index contributed by atoms with van der Waals surface area (Å²) in [6.45, 7) is 3.36.